The lowest BCUT2D eigenvalue weighted by Gasteiger charge is -2.14. The van der Waals surface area contributed by atoms with Crippen molar-refractivity contribution in [1.82, 2.24) is 0 Å². The third kappa shape index (κ3) is 5.67. The first-order chi connectivity index (χ1) is 8.27. The third-order valence-electron chi connectivity index (χ3n) is 3.18. The Morgan fingerprint density at radius 1 is 1.06 bits per heavy atom. The number of rotatable bonds is 8. The summed E-state index contributed by atoms with van der Waals surface area (Å²) in [5.41, 5.74) is 1.25. The van der Waals surface area contributed by atoms with Crippen LogP contribution < -0.4 is 0 Å². The van der Waals surface area contributed by atoms with Crippen LogP contribution >= 0.6 is 15.9 Å². The van der Waals surface area contributed by atoms with E-state index in [0.717, 1.165) is 5.33 Å². The molecule has 0 radical (unpaired) electrons. The van der Waals surface area contributed by atoms with Crippen LogP contribution in [0.4, 0.5) is 4.39 Å². The van der Waals surface area contributed by atoms with Crippen LogP contribution in [0.25, 0.3) is 0 Å². The van der Waals surface area contributed by atoms with Crippen molar-refractivity contribution in [2.75, 3.05) is 5.33 Å². The molecule has 1 rings (SSSR count). The first-order valence-corrected chi connectivity index (χ1v) is 7.71. The van der Waals surface area contributed by atoms with Crippen LogP contribution in [-0.4, -0.2) is 5.33 Å². The van der Waals surface area contributed by atoms with E-state index in [1.54, 1.807) is 12.1 Å². The van der Waals surface area contributed by atoms with Gasteiger partial charge in [0.2, 0.25) is 0 Å². The first kappa shape index (κ1) is 14.7. The third-order valence-corrected chi connectivity index (χ3v) is 3.97. The van der Waals surface area contributed by atoms with Gasteiger partial charge < -0.3 is 0 Å². The van der Waals surface area contributed by atoms with Gasteiger partial charge in [-0.05, 0) is 30.0 Å². The van der Waals surface area contributed by atoms with E-state index < -0.39 is 0 Å². The van der Waals surface area contributed by atoms with Crippen molar-refractivity contribution in [3.63, 3.8) is 0 Å². The molecule has 0 amide bonds. The molecule has 0 nitrogen and oxygen atoms in total. The van der Waals surface area contributed by atoms with Crippen molar-refractivity contribution in [3.8, 4) is 0 Å². The molecule has 0 aromatic heterocycles. The van der Waals surface area contributed by atoms with Crippen LogP contribution in [0.5, 0.6) is 0 Å². The van der Waals surface area contributed by atoms with Gasteiger partial charge in [-0.2, -0.15) is 0 Å². The summed E-state index contributed by atoms with van der Waals surface area (Å²) < 4.78 is 12.8. The van der Waals surface area contributed by atoms with Crippen LogP contribution in [0.3, 0.4) is 0 Å². The van der Waals surface area contributed by atoms with Gasteiger partial charge >= 0.3 is 0 Å². The monoisotopic (exact) mass is 300 g/mol. The zero-order valence-electron chi connectivity index (χ0n) is 10.6. The van der Waals surface area contributed by atoms with Crippen LogP contribution in [0.15, 0.2) is 24.3 Å². The van der Waals surface area contributed by atoms with Crippen molar-refractivity contribution >= 4 is 15.9 Å². The highest BCUT2D eigenvalue weighted by Crippen LogP contribution is 2.25. The molecular weight excluding hydrogens is 279 g/mol. The van der Waals surface area contributed by atoms with Gasteiger partial charge in [0.25, 0.3) is 0 Å². The lowest BCUT2D eigenvalue weighted by atomic mass is 9.95. The van der Waals surface area contributed by atoms with E-state index in [1.807, 2.05) is 12.1 Å². The summed E-state index contributed by atoms with van der Waals surface area (Å²) in [4.78, 5) is 0. The molecule has 1 aromatic rings. The van der Waals surface area contributed by atoms with E-state index in [0.29, 0.717) is 5.92 Å². The standard InChI is InChI=1S/C15H22BrF/c1-2-3-4-5-6-7-14(12-16)13-8-10-15(17)11-9-13/h8-11,14H,2-7,12H2,1H3. The van der Waals surface area contributed by atoms with E-state index in [1.165, 1.54) is 44.1 Å². The molecule has 1 aromatic carbocycles. The summed E-state index contributed by atoms with van der Waals surface area (Å²) in [5.74, 6) is 0.377. The number of hydrogen-bond acceptors (Lipinski definition) is 0. The Kier molecular flexibility index (Phi) is 7.50. The van der Waals surface area contributed by atoms with Crippen LogP contribution in [0.2, 0.25) is 0 Å². The second-order valence-corrected chi connectivity index (χ2v) is 5.25. The number of halogens is 2. The van der Waals surface area contributed by atoms with Gasteiger partial charge in [0.1, 0.15) is 5.82 Å². The predicted octanol–water partition coefficient (Wildman–Crippen LogP) is 5.66. The Morgan fingerprint density at radius 3 is 2.29 bits per heavy atom. The Morgan fingerprint density at radius 2 is 1.71 bits per heavy atom. The van der Waals surface area contributed by atoms with Gasteiger partial charge in [0.05, 0.1) is 0 Å². The van der Waals surface area contributed by atoms with Crippen LogP contribution in [0.1, 0.15) is 56.9 Å². The SMILES string of the molecule is CCCCCCCC(CBr)c1ccc(F)cc1. The lowest BCUT2D eigenvalue weighted by Crippen LogP contribution is -2.00. The molecule has 17 heavy (non-hydrogen) atoms. The average molecular weight is 301 g/mol. The topological polar surface area (TPSA) is 0 Å². The molecule has 0 fully saturated rings. The zero-order valence-corrected chi connectivity index (χ0v) is 12.2. The molecule has 0 bridgehead atoms. The second kappa shape index (κ2) is 8.68. The van der Waals surface area contributed by atoms with Gasteiger partial charge in [-0.3, -0.25) is 0 Å². The molecular formula is C15H22BrF. The van der Waals surface area contributed by atoms with E-state index in [-0.39, 0.29) is 5.82 Å². The minimum absolute atomic E-state index is 0.148. The maximum absolute atomic E-state index is 12.8. The number of alkyl halides is 1. The smallest absolute Gasteiger partial charge is 0.123 e. The molecule has 0 aliphatic carbocycles. The Balaban J connectivity index is 2.35. The van der Waals surface area contributed by atoms with Crippen molar-refractivity contribution in [1.29, 1.82) is 0 Å². The minimum atomic E-state index is -0.148. The largest absolute Gasteiger partial charge is 0.207 e. The molecule has 0 saturated heterocycles. The van der Waals surface area contributed by atoms with E-state index in [4.69, 9.17) is 0 Å². The summed E-state index contributed by atoms with van der Waals surface area (Å²) in [6.07, 6.45) is 7.76. The maximum Gasteiger partial charge on any atom is 0.123 e. The Labute approximate surface area is 113 Å². The highest BCUT2D eigenvalue weighted by Gasteiger charge is 2.09. The Bertz CT molecular complexity index is 294. The molecule has 96 valence electrons. The summed E-state index contributed by atoms with van der Waals surface area (Å²) in [6.45, 7) is 2.24. The molecule has 0 saturated carbocycles. The molecule has 1 unspecified atom stereocenters. The number of hydrogen-bond donors (Lipinski definition) is 0. The Hall–Kier alpha value is -0.370. The van der Waals surface area contributed by atoms with Gasteiger partial charge in [0, 0.05) is 5.33 Å². The fourth-order valence-electron chi connectivity index (χ4n) is 2.06. The molecule has 0 N–H and O–H groups in total. The summed E-state index contributed by atoms with van der Waals surface area (Å²) in [6, 6.07) is 6.94. The minimum Gasteiger partial charge on any atom is -0.207 e. The number of benzene rings is 1. The molecule has 1 atom stereocenters. The van der Waals surface area contributed by atoms with E-state index in [9.17, 15) is 4.39 Å². The van der Waals surface area contributed by atoms with E-state index in [2.05, 4.69) is 22.9 Å². The normalized spacial score (nSPS) is 12.6. The second-order valence-electron chi connectivity index (χ2n) is 4.61. The maximum atomic E-state index is 12.8. The molecule has 0 aliphatic rings. The predicted molar refractivity (Wildman–Crippen MR) is 76.3 cm³/mol. The van der Waals surface area contributed by atoms with Crippen molar-refractivity contribution < 1.29 is 4.39 Å². The summed E-state index contributed by atoms with van der Waals surface area (Å²) >= 11 is 3.56. The highest BCUT2D eigenvalue weighted by molar-refractivity contribution is 9.09. The molecule has 2 heteroatoms. The van der Waals surface area contributed by atoms with Crippen LogP contribution in [-0.2, 0) is 0 Å². The van der Waals surface area contributed by atoms with Gasteiger partial charge in [-0.25, -0.2) is 4.39 Å². The fourth-order valence-corrected chi connectivity index (χ4v) is 2.76. The van der Waals surface area contributed by atoms with Gasteiger partial charge in [-0.1, -0.05) is 67.1 Å². The van der Waals surface area contributed by atoms with Crippen molar-refractivity contribution in [2.45, 2.75) is 51.4 Å². The number of unbranched alkanes of at least 4 members (excludes halogenated alkanes) is 4. The van der Waals surface area contributed by atoms with Crippen molar-refractivity contribution in [2.24, 2.45) is 0 Å². The fraction of sp³-hybridized carbons (Fsp3) is 0.600. The van der Waals surface area contributed by atoms with Crippen molar-refractivity contribution in [3.05, 3.63) is 35.6 Å². The first-order valence-electron chi connectivity index (χ1n) is 6.59. The lowest BCUT2D eigenvalue weighted by molar-refractivity contribution is 0.570. The summed E-state index contributed by atoms with van der Waals surface area (Å²) in [7, 11) is 0. The average Bonchev–Trinajstić information content (AvgIpc) is 2.35. The molecule has 0 aliphatic heterocycles. The summed E-state index contributed by atoms with van der Waals surface area (Å²) in [5, 5.41) is 0.965. The molecule has 0 spiro atoms. The molecule has 0 heterocycles. The van der Waals surface area contributed by atoms with Crippen LogP contribution in [0, 0.1) is 5.82 Å². The zero-order chi connectivity index (χ0) is 12.5. The van der Waals surface area contributed by atoms with E-state index >= 15 is 0 Å². The quantitative estimate of drug-likeness (QED) is 0.429. The highest BCUT2D eigenvalue weighted by atomic mass is 79.9. The van der Waals surface area contributed by atoms with Gasteiger partial charge in [0.15, 0.2) is 0 Å². The van der Waals surface area contributed by atoms with Gasteiger partial charge in [-0.15, -0.1) is 0 Å².